The number of allylic oxidation sites excluding steroid dienone is 3. The average molecular weight is 461 g/mol. The van der Waals surface area contributed by atoms with Crippen LogP contribution in [-0.4, -0.2) is 34.0 Å². The van der Waals surface area contributed by atoms with Crippen LogP contribution in [-0.2, 0) is 4.79 Å². The Morgan fingerprint density at radius 1 is 1.18 bits per heavy atom. The highest BCUT2D eigenvalue weighted by atomic mass is 19.1. The molecule has 170 valence electrons. The number of halogens is 2. The molecule has 0 aromatic heterocycles. The molecule has 34 heavy (non-hydrogen) atoms. The SMILES string of the molecule is N#Cc1ccc(C(=O)NC2=CCN(C3(O)C=CC(F)=CC3=O)C=C2)c(Oc2ccc(F)cc2)c1. The molecule has 1 aliphatic carbocycles. The van der Waals surface area contributed by atoms with E-state index in [4.69, 9.17) is 4.74 Å². The van der Waals surface area contributed by atoms with Crippen molar-refractivity contribution in [3.05, 3.63) is 108 Å². The molecule has 1 atom stereocenters. The van der Waals surface area contributed by atoms with E-state index in [-0.39, 0.29) is 29.2 Å². The Labute approximate surface area is 193 Å². The lowest BCUT2D eigenvalue weighted by Crippen LogP contribution is -2.52. The molecule has 9 heteroatoms. The third-order valence-corrected chi connectivity index (χ3v) is 5.14. The molecule has 1 unspecified atom stereocenters. The van der Waals surface area contributed by atoms with E-state index in [0.717, 1.165) is 12.2 Å². The maximum Gasteiger partial charge on any atom is 0.259 e. The zero-order chi connectivity index (χ0) is 24.3. The second kappa shape index (κ2) is 9.13. The van der Waals surface area contributed by atoms with Crippen LogP contribution in [0.5, 0.6) is 11.5 Å². The number of nitrogens with zero attached hydrogens (tertiary/aromatic N) is 2. The van der Waals surface area contributed by atoms with Gasteiger partial charge < -0.3 is 20.1 Å². The van der Waals surface area contributed by atoms with Gasteiger partial charge >= 0.3 is 0 Å². The highest BCUT2D eigenvalue weighted by Gasteiger charge is 2.39. The summed E-state index contributed by atoms with van der Waals surface area (Å²) in [4.78, 5) is 26.3. The Morgan fingerprint density at radius 3 is 2.59 bits per heavy atom. The van der Waals surface area contributed by atoms with Crippen molar-refractivity contribution < 1.29 is 28.2 Å². The number of hydrogen-bond donors (Lipinski definition) is 2. The summed E-state index contributed by atoms with van der Waals surface area (Å²) in [7, 11) is 0. The lowest BCUT2D eigenvalue weighted by Gasteiger charge is -2.36. The average Bonchev–Trinajstić information content (AvgIpc) is 2.83. The second-order valence-corrected chi connectivity index (χ2v) is 7.41. The first-order valence-electron chi connectivity index (χ1n) is 10.1. The van der Waals surface area contributed by atoms with E-state index in [1.807, 2.05) is 6.07 Å². The molecule has 2 aromatic rings. The fraction of sp³-hybridized carbons (Fsp3) is 0.0800. The minimum Gasteiger partial charge on any atom is -0.456 e. The number of carbonyl (C=O) groups excluding carboxylic acids is 2. The number of ether oxygens (including phenoxy) is 1. The van der Waals surface area contributed by atoms with Crippen LogP contribution in [0.3, 0.4) is 0 Å². The van der Waals surface area contributed by atoms with E-state index < -0.39 is 29.1 Å². The lowest BCUT2D eigenvalue weighted by molar-refractivity contribution is -0.140. The first-order valence-corrected chi connectivity index (χ1v) is 10.1. The maximum absolute atomic E-state index is 13.2. The molecule has 0 bridgehead atoms. The molecule has 7 nitrogen and oxygen atoms in total. The van der Waals surface area contributed by atoms with E-state index in [2.05, 4.69) is 5.32 Å². The quantitative estimate of drug-likeness (QED) is 0.705. The predicted octanol–water partition coefficient (Wildman–Crippen LogP) is 3.61. The molecule has 0 fully saturated rings. The molecule has 1 heterocycles. The van der Waals surface area contributed by atoms with E-state index in [1.165, 1.54) is 59.6 Å². The summed E-state index contributed by atoms with van der Waals surface area (Å²) >= 11 is 0. The summed E-state index contributed by atoms with van der Waals surface area (Å²) in [6.07, 6.45) is 7.22. The monoisotopic (exact) mass is 461 g/mol. The highest BCUT2D eigenvalue weighted by Crippen LogP contribution is 2.28. The van der Waals surface area contributed by atoms with Crippen molar-refractivity contribution >= 4 is 11.7 Å². The number of nitrogens with one attached hydrogen (secondary N) is 1. The van der Waals surface area contributed by atoms with Gasteiger partial charge in [-0.05, 0) is 66.8 Å². The standard InChI is InChI=1S/C25H17F2N3O4/c26-17-2-4-20(5-3-17)34-22-13-16(15-28)1-6-21(22)24(32)29-19-8-11-30(12-9-19)25(33)10-7-18(27)14-23(25)31/h1-11,13-14,33H,12H2,(H,29,32). The minimum absolute atomic E-state index is 0.0560. The topological polar surface area (TPSA) is 103 Å². The number of aliphatic hydroxyl groups is 1. The van der Waals surface area contributed by atoms with Gasteiger partial charge in [0.25, 0.3) is 5.91 Å². The van der Waals surface area contributed by atoms with Gasteiger partial charge in [0, 0.05) is 24.5 Å². The predicted molar refractivity (Wildman–Crippen MR) is 117 cm³/mol. The van der Waals surface area contributed by atoms with Gasteiger partial charge in [0.05, 0.1) is 17.2 Å². The zero-order valence-corrected chi connectivity index (χ0v) is 17.5. The Kier molecular flexibility index (Phi) is 6.08. The van der Waals surface area contributed by atoms with Crippen LogP contribution in [0.15, 0.2) is 90.6 Å². The Morgan fingerprint density at radius 2 is 1.94 bits per heavy atom. The number of amides is 1. The van der Waals surface area contributed by atoms with Crippen LogP contribution in [0, 0.1) is 17.1 Å². The first-order chi connectivity index (χ1) is 16.3. The molecule has 2 aromatic carbocycles. The fourth-order valence-corrected chi connectivity index (χ4v) is 3.33. The fourth-order valence-electron chi connectivity index (χ4n) is 3.33. The van der Waals surface area contributed by atoms with Gasteiger partial charge in [0.2, 0.25) is 11.5 Å². The molecule has 0 radical (unpaired) electrons. The van der Waals surface area contributed by atoms with Crippen LogP contribution < -0.4 is 10.1 Å². The largest absolute Gasteiger partial charge is 0.456 e. The molecule has 1 aliphatic heterocycles. The molecule has 4 rings (SSSR count). The van der Waals surface area contributed by atoms with Crippen molar-refractivity contribution in [1.29, 1.82) is 5.26 Å². The number of benzene rings is 2. The summed E-state index contributed by atoms with van der Waals surface area (Å²) in [5, 5.41) is 22.5. The minimum atomic E-state index is -2.03. The van der Waals surface area contributed by atoms with Gasteiger partial charge in [0.1, 0.15) is 23.1 Å². The van der Waals surface area contributed by atoms with Gasteiger partial charge in [-0.2, -0.15) is 5.26 Å². The third-order valence-electron chi connectivity index (χ3n) is 5.14. The lowest BCUT2D eigenvalue weighted by atomic mass is 10.00. The summed E-state index contributed by atoms with van der Waals surface area (Å²) in [5.74, 6) is -2.17. The summed E-state index contributed by atoms with van der Waals surface area (Å²) in [5.41, 5.74) is -1.24. The molecule has 0 saturated heterocycles. The van der Waals surface area contributed by atoms with Crippen LogP contribution in [0.2, 0.25) is 0 Å². The molecule has 2 aliphatic rings. The second-order valence-electron chi connectivity index (χ2n) is 7.41. The third kappa shape index (κ3) is 4.62. The summed E-state index contributed by atoms with van der Waals surface area (Å²) in [6, 6.07) is 11.5. The van der Waals surface area contributed by atoms with Gasteiger partial charge in [-0.3, -0.25) is 9.59 Å². The van der Waals surface area contributed by atoms with Crippen LogP contribution in [0.1, 0.15) is 15.9 Å². The van der Waals surface area contributed by atoms with Crippen LogP contribution >= 0.6 is 0 Å². The van der Waals surface area contributed by atoms with E-state index in [0.29, 0.717) is 11.8 Å². The van der Waals surface area contributed by atoms with Crippen molar-refractivity contribution in [2.45, 2.75) is 5.72 Å². The molecular formula is C25H17F2N3O4. The Bertz CT molecular complexity index is 1320. The smallest absolute Gasteiger partial charge is 0.259 e. The molecular weight excluding hydrogens is 444 g/mol. The number of hydrogen-bond acceptors (Lipinski definition) is 6. The van der Waals surface area contributed by atoms with E-state index in [1.54, 1.807) is 6.08 Å². The van der Waals surface area contributed by atoms with Crippen LogP contribution in [0.25, 0.3) is 0 Å². The van der Waals surface area contributed by atoms with Crippen molar-refractivity contribution in [3.8, 4) is 17.6 Å². The van der Waals surface area contributed by atoms with Crippen molar-refractivity contribution in [2.24, 2.45) is 0 Å². The number of rotatable bonds is 5. The highest BCUT2D eigenvalue weighted by molar-refractivity contribution is 6.00. The summed E-state index contributed by atoms with van der Waals surface area (Å²) in [6.45, 7) is 0.0560. The first kappa shape index (κ1) is 22.6. The molecule has 0 spiro atoms. The van der Waals surface area contributed by atoms with E-state index in [9.17, 15) is 28.7 Å². The van der Waals surface area contributed by atoms with Gasteiger partial charge in [0.15, 0.2) is 0 Å². The van der Waals surface area contributed by atoms with Crippen LogP contribution in [0.4, 0.5) is 8.78 Å². The normalized spacial score (nSPS) is 19.2. The number of carbonyl (C=O) groups is 2. The molecule has 2 N–H and O–H groups in total. The number of ketones is 1. The van der Waals surface area contributed by atoms with Crippen molar-refractivity contribution in [2.75, 3.05) is 6.54 Å². The summed E-state index contributed by atoms with van der Waals surface area (Å²) < 4.78 is 32.1. The molecule has 1 amide bonds. The van der Waals surface area contributed by atoms with Crippen molar-refractivity contribution in [3.63, 3.8) is 0 Å². The Balaban J connectivity index is 1.50. The Hall–Kier alpha value is -4.55. The van der Waals surface area contributed by atoms with Gasteiger partial charge in [-0.1, -0.05) is 0 Å². The zero-order valence-electron chi connectivity index (χ0n) is 17.5. The van der Waals surface area contributed by atoms with E-state index >= 15 is 0 Å². The number of nitriles is 1. The molecule has 0 saturated carbocycles. The van der Waals surface area contributed by atoms with Gasteiger partial charge in [-0.25, -0.2) is 8.78 Å². The van der Waals surface area contributed by atoms with Crippen molar-refractivity contribution in [1.82, 2.24) is 10.2 Å². The maximum atomic E-state index is 13.2. The van der Waals surface area contributed by atoms with Gasteiger partial charge in [-0.15, -0.1) is 0 Å².